The van der Waals surface area contributed by atoms with E-state index in [1.54, 1.807) is 0 Å². The Morgan fingerprint density at radius 1 is 1.60 bits per heavy atom. The van der Waals surface area contributed by atoms with Crippen LogP contribution in [0.4, 0.5) is 0 Å². The lowest BCUT2D eigenvalue weighted by Crippen LogP contribution is -2.18. The van der Waals surface area contributed by atoms with E-state index in [0.717, 1.165) is 18.4 Å². The van der Waals surface area contributed by atoms with E-state index in [-0.39, 0.29) is 0 Å². The first-order chi connectivity index (χ1) is 4.84. The standard InChI is InChI=1S/C9H17N/c1-3-4-9-7-10-6-5-8(9)2/h7-9H,3-6H2,1-2H3/t8-,9?/m1/s1. The number of hydrogen-bond donors (Lipinski definition) is 0. The molecule has 0 N–H and O–H groups in total. The maximum Gasteiger partial charge on any atom is 0.0388 e. The fourth-order valence-electron chi connectivity index (χ4n) is 1.54. The van der Waals surface area contributed by atoms with Crippen molar-refractivity contribution in [3.63, 3.8) is 0 Å². The zero-order chi connectivity index (χ0) is 7.40. The third-order valence-corrected chi connectivity index (χ3v) is 2.36. The van der Waals surface area contributed by atoms with Gasteiger partial charge < -0.3 is 0 Å². The summed E-state index contributed by atoms with van der Waals surface area (Å²) in [6.07, 6.45) is 6.07. The molecule has 0 fully saturated rings. The Kier molecular flexibility index (Phi) is 2.91. The molecule has 1 heterocycles. The average molecular weight is 139 g/mol. The van der Waals surface area contributed by atoms with Crippen LogP contribution in [0.5, 0.6) is 0 Å². The molecule has 1 unspecified atom stereocenters. The van der Waals surface area contributed by atoms with Crippen LogP contribution in [-0.2, 0) is 0 Å². The molecule has 1 aliphatic heterocycles. The highest BCUT2D eigenvalue weighted by molar-refractivity contribution is 5.61. The maximum atomic E-state index is 4.30. The van der Waals surface area contributed by atoms with Crippen LogP contribution in [0.2, 0.25) is 0 Å². The Hall–Kier alpha value is -0.330. The van der Waals surface area contributed by atoms with Crippen molar-refractivity contribution < 1.29 is 0 Å². The summed E-state index contributed by atoms with van der Waals surface area (Å²) in [5.74, 6) is 1.65. The highest BCUT2D eigenvalue weighted by Crippen LogP contribution is 2.21. The van der Waals surface area contributed by atoms with Gasteiger partial charge in [-0.05, 0) is 24.7 Å². The summed E-state index contributed by atoms with van der Waals surface area (Å²) in [5.41, 5.74) is 0. The number of aliphatic imine (C=N–C) groups is 1. The van der Waals surface area contributed by atoms with Crippen LogP contribution in [0.25, 0.3) is 0 Å². The lowest BCUT2D eigenvalue weighted by molar-refractivity contribution is 0.394. The van der Waals surface area contributed by atoms with E-state index in [9.17, 15) is 0 Å². The zero-order valence-corrected chi connectivity index (χ0v) is 7.01. The lowest BCUT2D eigenvalue weighted by atomic mass is 9.87. The molecule has 0 radical (unpaired) electrons. The van der Waals surface area contributed by atoms with Gasteiger partial charge in [0.05, 0.1) is 0 Å². The van der Waals surface area contributed by atoms with Crippen molar-refractivity contribution in [1.82, 2.24) is 0 Å². The SMILES string of the molecule is CCCC1C=NCC[C@H]1C. The number of rotatable bonds is 2. The van der Waals surface area contributed by atoms with Gasteiger partial charge in [0.15, 0.2) is 0 Å². The van der Waals surface area contributed by atoms with Crippen molar-refractivity contribution in [3.8, 4) is 0 Å². The van der Waals surface area contributed by atoms with Crippen molar-refractivity contribution in [2.24, 2.45) is 16.8 Å². The van der Waals surface area contributed by atoms with Crippen LogP contribution in [0.3, 0.4) is 0 Å². The van der Waals surface area contributed by atoms with Crippen LogP contribution in [0, 0.1) is 11.8 Å². The monoisotopic (exact) mass is 139 g/mol. The van der Waals surface area contributed by atoms with Crippen molar-refractivity contribution in [3.05, 3.63) is 0 Å². The van der Waals surface area contributed by atoms with Gasteiger partial charge in [0.25, 0.3) is 0 Å². The molecule has 1 rings (SSSR count). The van der Waals surface area contributed by atoms with E-state index < -0.39 is 0 Å². The van der Waals surface area contributed by atoms with Crippen LogP contribution in [0.15, 0.2) is 4.99 Å². The van der Waals surface area contributed by atoms with Gasteiger partial charge in [-0.3, -0.25) is 4.99 Å². The Morgan fingerprint density at radius 3 is 3.00 bits per heavy atom. The second-order valence-corrected chi connectivity index (χ2v) is 3.27. The maximum absolute atomic E-state index is 4.30. The average Bonchev–Trinajstić information content (AvgIpc) is 1.94. The zero-order valence-electron chi connectivity index (χ0n) is 7.01. The number of nitrogens with zero attached hydrogens (tertiary/aromatic N) is 1. The number of hydrogen-bond acceptors (Lipinski definition) is 1. The quantitative estimate of drug-likeness (QED) is 0.557. The summed E-state index contributed by atoms with van der Waals surface area (Å²) in [6, 6.07) is 0. The minimum Gasteiger partial charge on any atom is -0.297 e. The summed E-state index contributed by atoms with van der Waals surface area (Å²) in [4.78, 5) is 4.30. The minimum absolute atomic E-state index is 0.777. The lowest BCUT2D eigenvalue weighted by Gasteiger charge is -2.22. The largest absolute Gasteiger partial charge is 0.297 e. The molecule has 0 aliphatic carbocycles. The first kappa shape index (κ1) is 7.77. The Morgan fingerprint density at radius 2 is 2.40 bits per heavy atom. The van der Waals surface area contributed by atoms with E-state index in [0.29, 0.717) is 0 Å². The molecule has 0 bridgehead atoms. The molecular formula is C9H17N. The molecule has 0 saturated heterocycles. The molecule has 2 atom stereocenters. The minimum atomic E-state index is 0.777. The molecule has 0 aromatic carbocycles. The van der Waals surface area contributed by atoms with E-state index in [2.05, 4.69) is 25.1 Å². The topological polar surface area (TPSA) is 12.4 Å². The molecule has 0 saturated carbocycles. The summed E-state index contributed by atoms with van der Waals surface area (Å²) in [5, 5.41) is 0. The second-order valence-electron chi connectivity index (χ2n) is 3.27. The third-order valence-electron chi connectivity index (χ3n) is 2.36. The molecule has 58 valence electrons. The second kappa shape index (κ2) is 3.75. The highest BCUT2D eigenvalue weighted by atomic mass is 14.7. The van der Waals surface area contributed by atoms with Gasteiger partial charge in [-0.1, -0.05) is 20.3 Å². The van der Waals surface area contributed by atoms with Gasteiger partial charge in [0.2, 0.25) is 0 Å². The third kappa shape index (κ3) is 1.83. The van der Waals surface area contributed by atoms with Crippen LogP contribution in [-0.4, -0.2) is 12.8 Å². The van der Waals surface area contributed by atoms with Gasteiger partial charge in [-0.15, -0.1) is 0 Å². The predicted octanol–water partition coefficient (Wildman–Crippen LogP) is 2.51. The van der Waals surface area contributed by atoms with E-state index >= 15 is 0 Å². The molecule has 0 aromatic rings. The fraction of sp³-hybridized carbons (Fsp3) is 0.889. The summed E-state index contributed by atoms with van der Waals surface area (Å²) < 4.78 is 0. The van der Waals surface area contributed by atoms with Crippen molar-refractivity contribution in [1.29, 1.82) is 0 Å². The summed E-state index contributed by atoms with van der Waals surface area (Å²) >= 11 is 0. The normalized spacial score (nSPS) is 32.6. The van der Waals surface area contributed by atoms with Crippen molar-refractivity contribution in [2.45, 2.75) is 33.1 Å². The molecule has 1 nitrogen and oxygen atoms in total. The molecule has 1 heteroatoms. The highest BCUT2D eigenvalue weighted by Gasteiger charge is 2.16. The van der Waals surface area contributed by atoms with Gasteiger partial charge >= 0.3 is 0 Å². The van der Waals surface area contributed by atoms with Gasteiger partial charge in [0.1, 0.15) is 0 Å². The van der Waals surface area contributed by atoms with Crippen molar-refractivity contribution >= 4 is 6.21 Å². The molecule has 0 spiro atoms. The Bertz CT molecular complexity index is 118. The fourth-order valence-corrected chi connectivity index (χ4v) is 1.54. The molecule has 10 heavy (non-hydrogen) atoms. The predicted molar refractivity (Wildman–Crippen MR) is 45.5 cm³/mol. The van der Waals surface area contributed by atoms with Crippen molar-refractivity contribution in [2.75, 3.05) is 6.54 Å². The van der Waals surface area contributed by atoms with E-state index in [4.69, 9.17) is 0 Å². The van der Waals surface area contributed by atoms with Crippen LogP contribution < -0.4 is 0 Å². The molecule has 0 amide bonds. The van der Waals surface area contributed by atoms with E-state index in [1.807, 2.05) is 0 Å². The Labute approximate surface area is 63.5 Å². The van der Waals surface area contributed by atoms with Crippen LogP contribution >= 0.6 is 0 Å². The first-order valence-corrected chi connectivity index (χ1v) is 4.34. The molecule has 0 aromatic heterocycles. The molecule has 1 aliphatic rings. The molecular weight excluding hydrogens is 122 g/mol. The summed E-state index contributed by atoms with van der Waals surface area (Å²) in [6.45, 7) is 5.64. The van der Waals surface area contributed by atoms with E-state index in [1.165, 1.54) is 19.3 Å². The van der Waals surface area contributed by atoms with Crippen LogP contribution in [0.1, 0.15) is 33.1 Å². The van der Waals surface area contributed by atoms with Gasteiger partial charge in [-0.25, -0.2) is 0 Å². The summed E-state index contributed by atoms with van der Waals surface area (Å²) in [7, 11) is 0. The smallest absolute Gasteiger partial charge is 0.0388 e. The Balaban J connectivity index is 2.39. The first-order valence-electron chi connectivity index (χ1n) is 4.34. The van der Waals surface area contributed by atoms with Gasteiger partial charge in [-0.2, -0.15) is 0 Å². The van der Waals surface area contributed by atoms with Gasteiger partial charge in [0, 0.05) is 12.8 Å².